The van der Waals surface area contributed by atoms with E-state index in [9.17, 15) is 9.59 Å². The molecule has 0 saturated carbocycles. The molecule has 1 aromatic heterocycles. The first-order chi connectivity index (χ1) is 7.18. The number of amides is 1. The Hall–Kier alpha value is -2.17. The van der Waals surface area contributed by atoms with Gasteiger partial charge in [0.15, 0.2) is 0 Å². The molecule has 0 aliphatic heterocycles. The predicted molar refractivity (Wildman–Crippen MR) is 56.0 cm³/mol. The predicted octanol–water partition coefficient (Wildman–Crippen LogP) is 0.486. The fourth-order valence-corrected chi connectivity index (χ4v) is 1.32. The Balaban J connectivity index is 2.65. The molecule has 0 saturated heterocycles. The van der Waals surface area contributed by atoms with Crippen LogP contribution in [0.1, 0.15) is 6.92 Å². The van der Waals surface area contributed by atoms with E-state index in [2.05, 4.69) is 10.5 Å². The van der Waals surface area contributed by atoms with Crippen LogP contribution in [0.3, 0.4) is 0 Å². The molecule has 1 aromatic carbocycles. The van der Waals surface area contributed by atoms with Crippen molar-refractivity contribution in [3.63, 3.8) is 0 Å². The van der Waals surface area contributed by atoms with E-state index in [4.69, 9.17) is 0 Å². The van der Waals surface area contributed by atoms with E-state index in [1.807, 2.05) is 6.07 Å². The molecule has 5 nitrogen and oxygen atoms in total. The quantitative estimate of drug-likeness (QED) is 0.733. The number of fused-ring (bicyclic) bond motifs is 1. The summed E-state index contributed by atoms with van der Waals surface area (Å²) in [6.45, 7) is 1.32. The largest absolute Gasteiger partial charge is 0.294 e. The molecule has 0 aliphatic rings. The third-order valence-corrected chi connectivity index (χ3v) is 1.96. The van der Waals surface area contributed by atoms with E-state index < -0.39 is 0 Å². The molecular weight excluding hydrogens is 194 g/mol. The number of hydrogen-bond acceptors (Lipinski definition) is 3. The first kappa shape index (κ1) is 9.39. The van der Waals surface area contributed by atoms with Crippen molar-refractivity contribution in [2.75, 3.05) is 5.43 Å². The van der Waals surface area contributed by atoms with Crippen LogP contribution in [0.4, 0.5) is 0 Å². The van der Waals surface area contributed by atoms with E-state index in [-0.39, 0.29) is 11.5 Å². The first-order valence-corrected chi connectivity index (χ1v) is 4.43. The lowest BCUT2D eigenvalue weighted by atomic mass is 10.2. The van der Waals surface area contributed by atoms with Crippen LogP contribution in [0.2, 0.25) is 0 Å². The topological polar surface area (TPSA) is 64.0 Å². The van der Waals surface area contributed by atoms with Crippen LogP contribution in [-0.4, -0.2) is 15.8 Å². The smallest absolute Gasteiger partial charge is 0.274 e. The number of carbonyl (C=O) groups excluding carboxylic acids is 1. The summed E-state index contributed by atoms with van der Waals surface area (Å²) >= 11 is 0. The molecule has 0 unspecified atom stereocenters. The molecule has 0 radical (unpaired) electrons. The fourth-order valence-electron chi connectivity index (χ4n) is 1.32. The molecule has 0 bridgehead atoms. The lowest BCUT2D eigenvalue weighted by Crippen LogP contribution is -2.33. The lowest BCUT2D eigenvalue weighted by molar-refractivity contribution is -0.115. The highest BCUT2D eigenvalue weighted by Gasteiger charge is 2.03. The van der Waals surface area contributed by atoms with Gasteiger partial charge in [0.1, 0.15) is 0 Å². The van der Waals surface area contributed by atoms with Gasteiger partial charge in [-0.05, 0) is 6.07 Å². The molecule has 1 N–H and O–H groups in total. The number of carbonyl (C=O) groups is 1. The van der Waals surface area contributed by atoms with Gasteiger partial charge in [0.2, 0.25) is 5.91 Å². The van der Waals surface area contributed by atoms with Gasteiger partial charge in [-0.15, -0.1) is 4.79 Å². The molecule has 2 aromatic rings. The summed E-state index contributed by atoms with van der Waals surface area (Å²) in [5.74, 6) is -0.333. The summed E-state index contributed by atoms with van der Waals surface area (Å²) in [6, 6.07) is 7.08. The zero-order valence-electron chi connectivity index (χ0n) is 8.10. The van der Waals surface area contributed by atoms with Crippen molar-refractivity contribution in [1.82, 2.24) is 9.89 Å². The van der Waals surface area contributed by atoms with Crippen LogP contribution in [0.5, 0.6) is 0 Å². The second kappa shape index (κ2) is 3.53. The van der Waals surface area contributed by atoms with Crippen molar-refractivity contribution in [2.24, 2.45) is 0 Å². The molecule has 0 aliphatic carbocycles. The molecular formula is C10H9N3O2. The minimum absolute atomic E-state index is 0.330. The maximum Gasteiger partial charge on any atom is 0.294 e. The minimum atomic E-state index is -0.333. The van der Waals surface area contributed by atoms with E-state index in [0.29, 0.717) is 5.39 Å². The summed E-state index contributed by atoms with van der Waals surface area (Å²) in [7, 11) is 0. The van der Waals surface area contributed by atoms with Gasteiger partial charge in [0, 0.05) is 12.3 Å². The maximum absolute atomic E-state index is 11.7. The zero-order chi connectivity index (χ0) is 10.8. The van der Waals surface area contributed by atoms with Gasteiger partial charge < -0.3 is 0 Å². The second-order valence-electron chi connectivity index (χ2n) is 3.12. The molecule has 0 spiro atoms. The highest BCUT2D eigenvalue weighted by molar-refractivity contribution is 5.83. The van der Waals surface area contributed by atoms with Gasteiger partial charge in [-0.3, -0.25) is 9.59 Å². The monoisotopic (exact) mass is 203 g/mol. The van der Waals surface area contributed by atoms with Crippen LogP contribution in [0.25, 0.3) is 10.8 Å². The SMILES string of the molecule is CC(=O)Nn1ncc2ccccc2c1=O. The number of hydrogen-bond donors (Lipinski definition) is 1. The van der Waals surface area contributed by atoms with Crippen LogP contribution in [0.15, 0.2) is 35.3 Å². The van der Waals surface area contributed by atoms with Crippen molar-refractivity contribution in [3.05, 3.63) is 40.8 Å². The third-order valence-electron chi connectivity index (χ3n) is 1.96. The highest BCUT2D eigenvalue weighted by Crippen LogP contribution is 2.05. The average molecular weight is 203 g/mol. The van der Waals surface area contributed by atoms with Crippen LogP contribution < -0.4 is 11.0 Å². The lowest BCUT2D eigenvalue weighted by Gasteiger charge is -2.04. The van der Waals surface area contributed by atoms with Crippen molar-refractivity contribution < 1.29 is 4.79 Å². The Bertz CT molecular complexity index is 574. The normalized spacial score (nSPS) is 10.2. The minimum Gasteiger partial charge on any atom is -0.274 e. The van der Waals surface area contributed by atoms with Gasteiger partial charge in [-0.25, -0.2) is 5.43 Å². The molecule has 0 fully saturated rings. The molecule has 76 valence electrons. The molecule has 5 heteroatoms. The Kier molecular flexibility index (Phi) is 2.21. The van der Waals surface area contributed by atoms with Crippen molar-refractivity contribution in [3.8, 4) is 0 Å². The van der Waals surface area contributed by atoms with Gasteiger partial charge in [0.25, 0.3) is 5.56 Å². The van der Waals surface area contributed by atoms with Gasteiger partial charge in [-0.2, -0.15) is 5.10 Å². The van der Waals surface area contributed by atoms with Gasteiger partial charge in [0.05, 0.1) is 11.6 Å². The molecule has 0 atom stereocenters. The zero-order valence-corrected chi connectivity index (χ0v) is 8.10. The Labute approximate surface area is 85.3 Å². The number of nitrogens with zero attached hydrogens (tertiary/aromatic N) is 2. The van der Waals surface area contributed by atoms with Crippen LogP contribution >= 0.6 is 0 Å². The number of rotatable bonds is 1. The second-order valence-corrected chi connectivity index (χ2v) is 3.12. The standard InChI is InChI=1S/C10H9N3O2/c1-7(14)12-13-10(15)9-5-3-2-4-8(9)6-11-13/h2-6H,1H3,(H,12,14). The van der Waals surface area contributed by atoms with E-state index in [1.54, 1.807) is 18.2 Å². The van der Waals surface area contributed by atoms with Crippen LogP contribution in [-0.2, 0) is 4.79 Å². The Morgan fingerprint density at radius 2 is 2.13 bits per heavy atom. The maximum atomic E-state index is 11.7. The Morgan fingerprint density at radius 3 is 2.87 bits per heavy atom. The fraction of sp³-hybridized carbons (Fsp3) is 0.100. The number of benzene rings is 1. The average Bonchev–Trinajstić information content (AvgIpc) is 2.22. The molecule has 1 heterocycles. The summed E-state index contributed by atoms with van der Waals surface area (Å²) in [6.07, 6.45) is 1.53. The highest BCUT2D eigenvalue weighted by atomic mass is 16.2. The number of aromatic nitrogens is 2. The molecule has 15 heavy (non-hydrogen) atoms. The molecule has 2 rings (SSSR count). The van der Waals surface area contributed by atoms with E-state index in [0.717, 1.165) is 10.2 Å². The van der Waals surface area contributed by atoms with E-state index >= 15 is 0 Å². The van der Waals surface area contributed by atoms with Gasteiger partial charge >= 0.3 is 0 Å². The van der Waals surface area contributed by atoms with Crippen molar-refractivity contribution in [2.45, 2.75) is 6.92 Å². The van der Waals surface area contributed by atoms with Crippen molar-refractivity contribution >= 4 is 16.7 Å². The Morgan fingerprint density at radius 1 is 1.40 bits per heavy atom. The third kappa shape index (κ3) is 1.71. The summed E-state index contributed by atoms with van der Waals surface area (Å²) in [5.41, 5.74) is 1.99. The summed E-state index contributed by atoms with van der Waals surface area (Å²) < 4.78 is 0. The van der Waals surface area contributed by atoms with Crippen LogP contribution in [0, 0.1) is 0 Å². The summed E-state index contributed by atoms with van der Waals surface area (Å²) in [5, 5.41) is 5.10. The summed E-state index contributed by atoms with van der Waals surface area (Å²) in [4.78, 5) is 23.5. The first-order valence-electron chi connectivity index (χ1n) is 4.43. The van der Waals surface area contributed by atoms with Gasteiger partial charge in [-0.1, -0.05) is 18.2 Å². The van der Waals surface area contributed by atoms with E-state index in [1.165, 1.54) is 13.1 Å². The number of nitrogens with one attached hydrogen (secondary N) is 1. The van der Waals surface area contributed by atoms with Crippen molar-refractivity contribution in [1.29, 1.82) is 0 Å². The molecule has 1 amide bonds.